The van der Waals surface area contributed by atoms with Gasteiger partial charge >= 0.3 is 0 Å². The maximum absolute atomic E-state index is 13.1. The van der Waals surface area contributed by atoms with E-state index in [4.69, 9.17) is 0 Å². The van der Waals surface area contributed by atoms with Crippen LogP contribution < -0.4 is 9.80 Å². The van der Waals surface area contributed by atoms with Gasteiger partial charge in [0, 0.05) is 31.0 Å². The lowest BCUT2D eigenvalue weighted by molar-refractivity contribution is 0.0983. The largest absolute Gasteiger partial charge is 0.341 e. The fraction of sp³-hybridized carbons (Fsp3) is 0.450. The molecule has 0 aliphatic carbocycles. The fourth-order valence-corrected chi connectivity index (χ4v) is 3.28. The first-order chi connectivity index (χ1) is 12.1. The molecular formula is C20H26N4O. The lowest BCUT2D eigenvalue weighted by atomic mass is 10.1. The molecule has 1 aromatic carbocycles. The predicted octanol–water partition coefficient (Wildman–Crippen LogP) is 3.75. The monoisotopic (exact) mass is 338 g/mol. The number of carbonyl (C=O) groups is 1. The van der Waals surface area contributed by atoms with Gasteiger partial charge in [0.2, 0.25) is 5.95 Å². The van der Waals surface area contributed by atoms with E-state index in [0.29, 0.717) is 18.2 Å². The van der Waals surface area contributed by atoms with Crippen molar-refractivity contribution < 1.29 is 4.79 Å². The fourth-order valence-electron chi connectivity index (χ4n) is 3.28. The number of nitrogens with zero attached hydrogens (tertiary/aromatic N) is 4. The first kappa shape index (κ1) is 17.4. The minimum atomic E-state index is -0.0724. The van der Waals surface area contributed by atoms with Crippen LogP contribution in [0.4, 0.5) is 11.6 Å². The molecule has 0 saturated carbocycles. The Labute approximate surface area is 149 Å². The maximum Gasteiger partial charge on any atom is 0.277 e. The van der Waals surface area contributed by atoms with Crippen LogP contribution in [0.1, 0.15) is 47.9 Å². The molecule has 1 amide bonds. The molecule has 1 saturated heterocycles. The van der Waals surface area contributed by atoms with Crippen molar-refractivity contribution in [1.82, 2.24) is 9.97 Å². The highest BCUT2D eigenvalue weighted by Gasteiger charge is 2.21. The van der Waals surface area contributed by atoms with Gasteiger partial charge in [-0.25, -0.2) is 9.97 Å². The zero-order valence-corrected chi connectivity index (χ0v) is 15.3. The van der Waals surface area contributed by atoms with Crippen molar-refractivity contribution in [1.29, 1.82) is 0 Å². The molecule has 0 radical (unpaired) electrons. The van der Waals surface area contributed by atoms with E-state index in [0.717, 1.165) is 42.9 Å². The Hall–Kier alpha value is -2.43. The Kier molecular flexibility index (Phi) is 5.31. The highest BCUT2D eigenvalue weighted by Crippen LogP contribution is 2.21. The first-order valence-electron chi connectivity index (χ1n) is 9.07. The van der Waals surface area contributed by atoms with Crippen molar-refractivity contribution >= 4 is 17.5 Å². The maximum atomic E-state index is 13.1. The van der Waals surface area contributed by atoms with E-state index in [-0.39, 0.29) is 5.91 Å². The average Bonchev–Trinajstić information content (AvgIpc) is 2.62. The summed E-state index contributed by atoms with van der Waals surface area (Å²) >= 11 is 0. The molecule has 1 fully saturated rings. The number of aromatic nitrogens is 2. The predicted molar refractivity (Wildman–Crippen MR) is 101 cm³/mol. The molecule has 0 atom stereocenters. The third-order valence-electron chi connectivity index (χ3n) is 4.58. The van der Waals surface area contributed by atoms with Gasteiger partial charge in [-0.15, -0.1) is 0 Å². The summed E-state index contributed by atoms with van der Waals surface area (Å²) in [6, 6.07) is 9.79. The summed E-state index contributed by atoms with van der Waals surface area (Å²) < 4.78 is 0. The van der Waals surface area contributed by atoms with Gasteiger partial charge in [0.15, 0.2) is 0 Å². The summed E-state index contributed by atoms with van der Waals surface area (Å²) in [4.78, 5) is 26.2. The van der Waals surface area contributed by atoms with Gasteiger partial charge < -0.3 is 9.80 Å². The van der Waals surface area contributed by atoms with Crippen molar-refractivity contribution in [3.63, 3.8) is 0 Å². The highest BCUT2D eigenvalue weighted by atomic mass is 16.2. The Morgan fingerprint density at radius 3 is 2.56 bits per heavy atom. The molecule has 3 rings (SSSR count). The molecule has 0 bridgehead atoms. The minimum absolute atomic E-state index is 0.0724. The van der Waals surface area contributed by atoms with Crippen LogP contribution in [0, 0.1) is 13.8 Å². The number of carbonyl (C=O) groups excluding carboxylic acids is 1. The Balaban J connectivity index is 1.91. The third-order valence-corrected chi connectivity index (χ3v) is 4.58. The summed E-state index contributed by atoms with van der Waals surface area (Å²) in [5.74, 6) is 0.611. The summed E-state index contributed by atoms with van der Waals surface area (Å²) in [5.41, 5.74) is 3.34. The van der Waals surface area contributed by atoms with Crippen molar-refractivity contribution in [2.24, 2.45) is 0 Å². The number of benzene rings is 1. The average molecular weight is 338 g/mol. The molecule has 0 N–H and O–H groups in total. The molecule has 5 nitrogen and oxygen atoms in total. The molecule has 2 aromatic rings. The van der Waals surface area contributed by atoms with Gasteiger partial charge in [-0.2, -0.15) is 0 Å². The topological polar surface area (TPSA) is 49.3 Å². The lowest BCUT2D eigenvalue weighted by Crippen LogP contribution is -2.34. The van der Waals surface area contributed by atoms with Crippen LogP contribution in [-0.2, 0) is 0 Å². The second-order valence-corrected chi connectivity index (χ2v) is 6.63. The number of amides is 1. The van der Waals surface area contributed by atoms with E-state index in [9.17, 15) is 4.79 Å². The van der Waals surface area contributed by atoms with Gasteiger partial charge in [-0.05, 0) is 63.8 Å². The number of piperidine rings is 1. The second-order valence-electron chi connectivity index (χ2n) is 6.63. The quantitative estimate of drug-likeness (QED) is 0.852. The van der Waals surface area contributed by atoms with Gasteiger partial charge in [-0.1, -0.05) is 12.1 Å². The molecule has 0 unspecified atom stereocenters. The van der Waals surface area contributed by atoms with E-state index in [1.807, 2.05) is 45.0 Å². The molecule has 0 spiro atoms. The van der Waals surface area contributed by atoms with E-state index in [2.05, 4.69) is 14.9 Å². The normalized spacial score (nSPS) is 14.4. The number of hydrogen-bond acceptors (Lipinski definition) is 4. The number of aryl methyl sites for hydroxylation is 2. The molecule has 132 valence electrons. The Morgan fingerprint density at radius 2 is 1.88 bits per heavy atom. The number of rotatable bonds is 4. The molecular weight excluding hydrogens is 312 g/mol. The molecule has 5 heteroatoms. The van der Waals surface area contributed by atoms with Crippen LogP contribution in [0.15, 0.2) is 30.3 Å². The zero-order chi connectivity index (χ0) is 17.8. The number of anilines is 2. The number of hydrogen-bond donors (Lipinski definition) is 0. The van der Waals surface area contributed by atoms with Gasteiger partial charge in [-0.3, -0.25) is 4.79 Å². The lowest BCUT2D eigenvalue weighted by Gasteiger charge is -2.27. The Bertz CT molecular complexity index is 753. The van der Waals surface area contributed by atoms with Crippen LogP contribution >= 0.6 is 0 Å². The smallest absolute Gasteiger partial charge is 0.277 e. The van der Waals surface area contributed by atoms with Crippen LogP contribution in [0.2, 0.25) is 0 Å². The van der Waals surface area contributed by atoms with Crippen molar-refractivity contribution in [3.8, 4) is 0 Å². The van der Waals surface area contributed by atoms with E-state index < -0.39 is 0 Å². The summed E-state index contributed by atoms with van der Waals surface area (Å²) in [5, 5.41) is 0. The third kappa shape index (κ3) is 3.98. The molecule has 1 aliphatic heterocycles. The van der Waals surface area contributed by atoms with Crippen LogP contribution in [0.5, 0.6) is 0 Å². The summed E-state index contributed by atoms with van der Waals surface area (Å²) in [6.45, 7) is 8.48. The summed E-state index contributed by atoms with van der Waals surface area (Å²) in [6.07, 6.45) is 3.57. The molecule has 1 aromatic heterocycles. The highest BCUT2D eigenvalue weighted by molar-refractivity contribution is 6.05. The standard InChI is InChI=1S/C20H26N4O/c1-4-24(17-10-8-9-15(2)13-17)19(25)18-14-16(3)21-20(22-18)23-11-6-5-7-12-23/h8-10,13-14H,4-7,11-12H2,1-3H3. The van der Waals surface area contributed by atoms with E-state index >= 15 is 0 Å². The van der Waals surface area contributed by atoms with E-state index in [1.165, 1.54) is 6.42 Å². The van der Waals surface area contributed by atoms with Crippen LogP contribution in [-0.4, -0.2) is 35.5 Å². The minimum Gasteiger partial charge on any atom is -0.341 e. The van der Waals surface area contributed by atoms with Crippen molar-refractivity contribution in [3.05, 3.63) is 47.3 Å². The van der Waals surface area contributed by atoms with Crippen LogP contribution in [0.3, 0.4) is 0 Å². The SMILES string of the molecule is CCN(C(=O)c1cc(C)nc(N2CCCCC2)n1)c1cccc(C)c1. The zero-order valence-electron chi connectivity index (χ0n) is 15.3. The first-order valence-corrected chi connectivity index (χ1v) is 9.07. The van der Waals surface area contributed by atoms with Gasteiger partial charge in [0.1, 0.15) is 5.69 Å². The van der Waals surface area contributed by atoms with E-state index in [1.54, 1.807) is 11.0 Å². The van der Waals surface area contributed by atoms with Crippen molar-refractivity contribution in [2.45, 2.75) is 40.0 Å². The van der Waals surface area contributed by atoms with Crippen LogP contribution in [0.25, 0.3) is 0 Å². The van der Waals surface area contributed by atoms with Gasteiger partial charge in [0.25, 0.3) is 5.91 Å². The molecule has 2 heterocycles. The van der Waals surface area contributed by atoms with Crippen molar-refractivity contribution in [2.75, 3.05) is 29.4 Å². The summed E-state index contributed by atoms with van der Waals surface area (Å²) in [7, 11) is 0. The Morgan fingerprint density at radius 1 is 1.12 bits per heavy atom. The van der Waals surface area contributed by atoms with Gasteiger partial charge in [0.05, 0.1) is 0 Å². The molecule has 25 heavy (non-hydrogen) atoms. The molecule has 1 aliphatic rings. The second kappa shape index (κ2) is 7.64.